The quantitative estimate of drug-likeness (QED) is 0.880. The van der Waals surface area contributed by atoms with Gasteiger partial charge in [0.25, 0.3) is 0 Å². The highest BCUT2D eigenvalue weighted by molar-refractivity contribution is 5.75. The minimum Gasteiger partial charge on any atom is -0.330 e. The molecule has 1 heterocycles. The van der Waals surface area contributed by atoms with Crippen LogP contribution in [0.5, 0.6) is 0 Å². The van der Waals surface area contributed by atoms with Gasteiger partial charge in [0.15, 0.2) is 0 Å². The summed E-state index contributed by atoms with van der Waals surface area (Å²) in [6.45, 7) is 0.740. The summed E-state index contributed by atoms with van der Waals surface area (Å²) < 4.78 is 1.84. The van der Waals surface area contributed by atoms with Crippen molar-refractivity contribution in [1.82, 2.24) is 15.0 Å². The molecule has 0 saturated heterocycles. The van der Waals surface area contributed by atoms with Gasteiger partial charge in [-0.05, 0) is 30.5 Å². The van der Waals surface area contributed by atoms with Crippen LogP contribution in [0.25, 0.3) is 11.0 Å². The number of nitrogens with zero attached hydrogens (tertiary/aromatic N) is 3. The van der Waals surface area contributed by atoms with Crippen LogP contribution in [0.2, 0.25) is 0 Å². The predicted octanol–water partition coefficient (Wildman–Crippen LogP) is 2.13. The summed E-state index contributed by atoms with van der Waals surface area (Å²) in [6.07, 6.45) is 6.34. The number of rotatable bonds is 2. The van der Waals surface area contributed by atoms with Gasteiger partial charge in [-0.25, -0.2) is 4.68 Å². The van der Waals surface area contributed by atoms with E-state index >= 15 is 0 Å². The first-order valence-electron chi connectivity index (χ1n) is 6.75. The summed E-state index contributed by atoms with van der Waals surface area (Å²) in [7, 11) is 1.94. The number of hydrogen-bond donors (Lipinski definition) is 1. The van der Waals surface area contributed by atoms with E-state index in [0.717, 1.165) is 17.6 Å². The molecule has 0 atom stereocenters. The minimum absolute atomic E-state index is 0.177. The number of fused-ring (bicyclic) bond motifs is 1. The molecule has 2 aromatic rings. The maximum Gasteiger partial charge on any atom is 0.113 e. The zero-order valence-electron chi connectivity index (χ0n) is 10.9. The van der Waals surface area contributed by atoms with Crippen LogP contribution in [0.15, 0.2) is 18.2 Å². The highest BCUT2D eigenvalue weighted by Gasteiger charge is 2.32. The van der Waals surface area contributed by atoms with Crippen LogP contribution in [0, 0.1) is 0 Å². The normalized spacial score (nSPS) is 19.2. The van der Waals surface area contributed by atoms with Crippen molar-refractivity contribution in [1.29, 1.82) is 0 Å². The van der Waals surface area contributed by atoms with Crippen molar-refractivity contribution >= 4 is 11.0 Å². The highest BCUT2D eigenvalue weighted by atomic mass is 15.4. The van der Waals surface area contributed by atoms with E-state index < -0.39 is 0 Å². The van der Waals surface area contributed by atoms with Crippen LogP contribution in [-0.4, -0.2) is 21.5 Å². The second-order valence-electron chi connectivity index (χ2n) is 5.46. The maximum absolute atomic E-state index is 6.09. The Balaban J connectivity index is 2.08. The van der Waals surface area contributed by atoms with E-state index in [1.807, 2.05) is 11.7 Å². The third-order valence-corrected chi connectivity index (χ3v) is 4.42. The Morgan fingerprint density at radius 2 is 2.06 bits per heavy atom. The van der Waals surface area contributed by atoms with Gasteiger partial charge in [-0.2, -0.15) is 0 Å². The molecular weight excluding hydrogens is 224 g/mol. The maximum atomic E-state index is 6.09. The van der Waals surface area contributed by atoms with Crippen molar-refractivity contribution < 1.29 is 0 Å². The number of benzene rings is 1. The molecule has 0 radical (unpaired) electrons. The highest BCUT2D eigenvalue weighted by Crippen LogP contribution is 2.39. The molecule has 1 aliphatic rings. The Bertz CT molecular complexity index is 552. The van der Waals surface area contributed by atoms with Crippen LogP contribution < -0.4 is 5.73 Å². The third-order valence-electron chi connectivity index (χ3n) is 4.42. The lowest BCUT2D eigenvalue weighted by atomic mass is 9.69. The Labute approximate surface area is 107 Å². The van der Waals surface area contributed by atoms with Gasteiger partial charge < -0.3 is 5.73 Å². The molecule has 0 unspecified atom stereocenters. The average molecular weight is 244 g/mol. The SMILES string of the molecule is Cn1nnc2ccc(C3(CN)CCCCC3)cc21. The lowest BCUT2D eigenvalue weighted by molar-refractivity contribution is 0.301. The van der Waals surface area contributed by atoms with Crippen molar-refractivity contribution in [3.05, 3.63) is 23.8 Å². The van der Waals surface area contributed by atoms with Gasteiger partial charge in [-0.1, -0.05) is 30.5 Å². The standard InChI is InChI=1S/C14H20N4/c1-18-13-9-11(5-6-12(13)16-17-18)14(10-15)7-3-2-4-8-14/h5-6,9H,2-4,7-8,10,15H2,1H3. The molecule has 1 saturated carbocycles. The molecule has 96 valence electrons. The molecule has 0 bridgehead atoms. The summed E-state index contributed by atoms with van der Waals surface area (Å²) in [5.41, 5.74) is 9.70. The lowest BCUT2D eigenvalue weighted by Crippen LogP contribution is -2.37. The van der Waals surface area contributed by atoms with Crippen LogP contribution >= 0.6 is 0 Å². The van der Waals surface area contributed by atoms with Crippen molar-refractivity contribution in [3.63, 3.8) is 0 Å². The summed E-state index contributed by atoms with van der Waals surface area (Å²) in [5.74, 6) is 0. The van der Waals surface area contributed by atoms with Gasteiger partial charge in [-0.15, -0.1) is 5.10 Å². The van der Waals surface area contributed by atoms with Crippen LogP contribution in [0.3, 0.4) is 0 Å². The lowest BCUT2D eigenvalue weighted by Gasteiger charge is -2.36. The average Bonchev–Trinajstić information content (AvgIpc) is 2.81. The number of nitrogens with two attached hydrogens (primary N) is 1. The fraction of sp³-hybridized carbons (Fsp3) is 0.571. The fourth-order valence-corrected chi connectivity index (χ4v) is 3.20. The van der Waals surface area contributed by atoms with E-state index in [2.05, 4.69) is 28.5 Å². The molecule has 18 heavy (non-hydrogen) atoms. The van der Waals surface area contributed by atoms with Crippen LogP contribution in [-0.2, 0) is 12.5 Å². The van der Waals surface area contributed by atoms with E-state index in [-0.39, 0.29) is 5.41 Å². The summed E-state index contributed by atoms with van der Waals surface area (Å²) in [4.78, 5) is 0. The van der Waals surface area contributed by atoms with Crippen LogP contribution in [0.1, 0.15) is 37.7 Å². The van der Waals surface area contributed by atoms with Crippen molar-refractivity contribution in [2.24, 2.45) is 12.8 Å². The van der Waals surface area contributed by atoms with Gasteiger partial charge in [0.05, 0.1) is 5.52 Å². The first kappa shape index (κ1) is 11.7. The Kier molecular flexibility index (Phi) is 2.82. The molecule has 4 nitrogen and oxygen atoms in total. The van der Waals surface area contributed by atoms with E-state index in [1.54, 1.807) is 0 Å². The van der Waals surface area contributed by atoms with E-state index in [9.17, 15) is 0 Å². The van der Waals surface area contributed by atoms with Crippen molar-refractivity contribution in [2.45, 2.75) is 37.5 Å². The van der Waals surface area contributed by atoms with E-state index in [0.29, 0.717) is 0 Å². The second kappa shape index (κ2) is 4.35. The molecule has 1 aliphatic carbocycles. The summed E-state index contributed by atoms with van der Waals surface area (Å²) in [6, 6.07) is 6.49. The number of aromatic nitrogens is 3. The molecule has 4 heteroatoms. The molecule has 1 fully saturated rings. The Hall–Kier alpha value is -1.42. The Morgan fingerprint density at radius 1 is 1.28 bits per heavy atom. The first-order valence-corrected chi connectivity index (χ1v) is 6.75. The topological polar surface area (TPSA) is 56.7 Å². The smallest absolute Gasteiger partial charge is 0.113 e. The molecule has 0 amide bonds. The molecule has 2 N–H and O–H groups in total. The predicted molar refractivity (Wildman–Crippen MR) is 72.3 cm³/mol. The van der Waals surface area contributed by atoms with Gasteiger partial charge in [0.1, 0.15) is 5.52 Å². The number of aryl methyl sites for hydroxylation is 1. The monoisotopic (exact) mass is 244 g/mol. The van der Waals surface area contributed by atoms with Gasteiger partial charge in [0, 0.05) is 19.0 Å². The largest absolute Gasteiger partial charge is 0.330 e. The van der Waals surface area contributed by atoms with Gasteiger partial charge >= 0.3 is 0 Å². The summed E-state index contributed by atoms with van der Waals surface area (Å²) >= 11 is 0. The molecule has 3 rings (SSSR count). The third kappa shape index (κ3) is 1.72. The number of hydrogen-bond acceptors (Lipinski definition) is 3. The van der Waals surface area contributed by atoms with Gasteiger partial charge in [-0.3, -0.25) is 0 Å². The summed E-state index contributed by atoms with van der Waals surface area (Å²) in [5, 5.41) is 8.20. The molecule has 0 aliphatic heterocycles. The molecular formula is C14H20N4. The van der Waals surface area contributed by atoms with Crippen molar-refractivity contribution in [2.75, 3.05) is 6.54 Å². The van der Waals surface area contributed by atoms with Crippen molar-refractivity contribution in [3.8, 4) is 0 Å². The first-order chi connectivity index (χ1) is 8.75. The zero-order valence-corrected chi connectivity index (χ0v) is 10.9. The van der Waals surface area contributed by atoms with E-state index in [4.69, 9.17) is 5.73 Å². The molecule has 0 spiro atoms. The van der Waals surface area contributed by atoms with E-state index in [1.165, 1.54) is 37.7 Å². The Morgan fingerprint density at radius 3 is 2.78 bits per heavy atom. The minimum atomic E-state index is 0.177. The van der Waals surface area contributed by atoms with Gasteiger partial charge in [0.2, 0.25) is 0 Å². The fourth-order valence-electron chi connectivity index (χ4n) is 3.20. The zero-order chi connectivity index (χ0) is 12.6. The second-order valence-corrected chi connectivity index (χ2v) is 5.46. The molecule has 1 aromatic carbocycles. The molecule has 1 aromatic heterocycles. The van der Waals surface area contributed by atoms with Crippen LogP contribution in [0.4, 0.5) is 0 Å².